The Morgan fingerprint density at radius 3 is 2.43 bits per heavy atom. The summed E-state index contributed by atoms with van der Waals surface area (Å²) in [6.07, 6.45) is 0. The van der Waals surface area contributed by atoms with Gasteiger partial charge < -0.3 is 24.6 Å². The number of carbonyl (C=O) groups excluding carboxylic acids is 1. The third-order valence-electron chi connectivity index (χ3n) is 5.23. The van der Waals surface area contributed by atoms with E-state index in [4.69, 9.17) is 9.47 Å². The van der Waals surface area contributed by atoms with Crippen molar-refractivity contribution in [2.24, 2.45) is 0 Å². The molecule has 2 aromatic carbocycles. The molecule has 8 nitrogen and oxygen atoms in total. The van der Waals surface area contributed by atoms with Gasteiger partial charge in [-0.25, -0.2) is 4.79 Å². The first-order chi connectivity index (χ1) is 14.8. The van der Waals surface area contributed by atoms with Crippen LogP contribution in [0.2, 0.25) is 0 Å². The van der Waals surface area contributed by atoms with E-state index in [1.54, 1.807) is 17.0 Å². The van der Waals surface area contributed by atoms with Gasteiger partial charge in [0.2, 0.25) is 6.79 Å². The first kappa shape index (κ1) is 18.2. The summed E-state index contributed by atoms with van der Waals surface area (Å²) in [5.74, 6) is 2.17. The van der Waals surface area contributed by atoms with Gasteiger partial charge in [0.15, 0.2) is 17.3 Å². The van der Waals surface area contributed by atoms with E-state index in [1.807, 2.05) is 48.5 Å². The molecule has 5 rings (SSSR count). The van der Waals surface area contributed by atoms with E-state index in [-0.39, 0.29) is 12.8 Å². The number of hydrogen-bond acceptors (Lipinski definition) is 6. The van der Waals surface area contributed by atoms with Gasteiger partial charge >= 0.3 is 6.03 Å². The van der Waals surface area contributed by atoms with Crippen LogP contribution >= 0.6 is 0 Å². The second kappa shape index (κ2) is 7.90. The molecule has 8 heteroatoms. The maximum Gasteiger partial charge on any atom is 0.321 e. The average Bonchev–Trinajstić information content (AvgIpc) is 3.28. The molecule has 2 aliphatic heterocycles. The zero-order valence-corrected chi connectivity index (χ0v) is 16.3. The summed E-state index contributed by atoms with van der Waals surface area (Å²) in [5.41, 5.74) is 2.58. The molecular weight excluding hydrogens is 382 g/mol. The van der Waals surface area contributed by atoms with Gasteiger partial charge in [-0.3, -0.25) is 0 Å². The van der Waals surface area contributed by atoms with Crippen LogP contribution in [0.15, 0.2) is 60.7 Å². The van der Waals surface area contributed by atoms with Crippen molar-refractivity contribution in [2.45, 2.75) is 0 Å². The first-order valence-electron chi connectivity index (χ1n) is 9.86. The molecule has 1 fully saturated rings. The summed E-state index contributed by atoms with van der Waals surface area (Å²) in [4.78, 5) is 16.6. The van der Waals surface area contributed by atoms with Gasteiger partial charge in [-0.05, 0) is 24.3 Å². The number of nitrogens with zero attached hydrogens (tertiary/aromatic N) is 4. The number of rotatable bonds is 3. The van der Waals surface area contributed by atoms with Crippen LogP contribution in [0.1, 0.15) is 0 Å². The predicted molar refractivity (Wildman–Crippen MR) is 113 cm³/mol. The van der Waals surface area contributed by atoms with E-state index in [1.165, 1.54) is 0 Å². The molecule has 30 heavy (non-hydrogen) atoms. The van der Waals surface area contributed by atoms with Gasteiger partial charge in [0.25, 0.3) is 0 Å². The van der Waals surface area contributed by atoms with Crippen LogP contribution in [-0.2, 0) is 0 Å². The van der Waals surface area contributed by atoms with E-state index in [9.17, 15) is 4.79 Å². The number of amides is 2. The van der Waals surface area contributed by atoms with Crippen molar-refractivity contribution in [2.75, 3.05) is 43.2 Å². The summed E-state index contributed by atoms with van der Waals surface area (Å²) < 4.78 is 10.7. The lowest BCUT2D eigenvalue weighted by molar-refractivity contribution is 0.174. The molecule has 1 saturated heterocycles. The molecule has 0 aliphatic carbocycles. The van der Waals surface area contributed by atoms with Crippen molar-refractivity contribution in [3.05, 3.63) is 60.7 Å². The van der Waals surface area contributed by atoms with Crippen LogP contribution in [0.3, 0.4) is 0 Å². The molecule has 0 bridgehead atoms. The first-order valence-corrected chi connectivity index (χ1v) is 9.86. The fourth-order valence-corrected chi connectivity index (χ4v) is 3.57. The molecule has 1 aromatic heterocycles. The Hall–Kier alpha value is -3.81. The number of carbonyl (C=O) groups is 1. The van der Waals surface area contributed by atoms with Gasteiger partial charge in [0.1, 0.15) is 0 Å². The van der Waals surface area contributed by atoms with Crippen molar-refractivity contribution in [3.8, 4) is 22.8 Å². The summed E-state index contributed by atoms with van der Waals surface area (Å²) in [6, 6.07) is 19.2. The van der Waals surface area contributed by atoms with E-state index >= 15 is 0 Å². The molecular formula is C22H21N5O3. The number of hydrogen-bond donors (Lipinski definition) is 1. The van der Waals surface area contributed by atoms with Gasteiger partial charge in [-0.1, -0.05) is 30.3 Å². The molecule has 0 spiro atoms. The highest BCUT2D eigenvalue weighted by atomic mass is 16.7. The van der Waals surface area contributed by atoms with Crippen molar-refractivity contribution >= 4 is 17.5 Å². The van der Waals surface area contributed by atoms with Gasteiger partial charge in [-0.15, -0.1) is 10.2 Å². The fourth-order valence-electron chi connectivity index (χ4n) is 3.57. The zero-order chi connectivity index (χ0) is 20.3. The maximum absolute atomic E-state index is 12.6. The van der Waals surface area contributed by atoms with E-state index < -0.39 is 0 Å². The Balaban J connectivity index is 1.17. The standard InChI is InChI=1S/C22H21N5O3/c28-22(23-17-6-8-19-20(14-17)30-15-29-19)27-12-10-26(11-13-27)21-9-7-18(24-25-21)16-4-2-1-3-5-16/h1-9,14H,10-13,15H2,(H,23,28). The van der Waals surface area contributed by atoms with E-state index in [2.05, 4.69) is 20.4 Å². The number of nitrogens with one attached hydrogen (secondary N) is 1. The molecule has 1 N–H and O–H groups in total. The van der Waals surface area contributed by atoms with Crippen molar-refractivity contribution in [1.82, 2.24) is 15.1 Å². The molecule has 3 aromatic rings. The Labute approximate surface area is 174 Å². The third kappa shape index (κ3) is 3.71. The molecule has 2 aliphatic rings. The predicted octanol–water partition coefficient (Wildman–Crippen LogP) is 3.23. The number of fused-ring (bicyclic) bond motifs is 1. The Bertz CT molecular complexity index is 1030. The summed E-state index contributed by atoms with van der Waals surface area (Å²) in [5, 5.41) is 11.7. The number of benzene rings is 2. The third-order valence-corrected chi connectivity index (χ3v) is 5.23. The minimum absolute atomic E-state index is 0.126. The summed E-state index contributed by atoms with van der Waals surface area (Å²) >= 11 is 0. The van der Waals surface area contributed by atoms with Crippen LogP contribution in [-0.4, -0.2) is 54.1 Å². The number of piperazine rings is 1. The highest BCUT2D eigenvalue weighted by Crippen LogP contribution is 2.34. The Kier molecular flexibility index (Phi) is 4.80. The van der Waals surface area contributed by atoms with Crippen molar-refractivity contribution in [1.29, 1.82) is 0 Å². The van der Waals surface area contributed by atoms with Crippen molar-refractivity contribution in [3.63, 3.8) is 0 Å². The lowest BCUT2D eigenvalue weighted by Gasteiger charge is -2.35. The minimum atomic E-state index is -0.126. The van der Waals surface area contributed by atoms with Crippen LogP contribution in [0.25, 0.3) is 11.3 Å². The number of anilines is 2. The Morgan fingerprint density at radius 2 is 1.67 bits per heavy atom. The van der Waals surface area contributed by atoms with Crippen LogP contribution < -0.4 is 19.7 Å². The fraction of sp³-hybridized carbons (Fsp3) is 0.227. The van der Waals surface area contributed by atoms with E-state index in [0.717, 1.165) is 17.1 Å². The average molecular weight is 403 g/mol. The normalized spacial score (nSPS) is 15.2. The lowest BCUT2D eigenvalue weighted by Crippen LogP contribution is -2.50. The monoisotopic (exact) mass is 403 g/mol. The second-order valence-corrected chi connectivity index (χ2v) is 7.12. The molecule has 2 amide bonds. The Morgan fingerprint density at radius 1 is 0.867 bits per heavy atom. The minimum Gasteiger partial charge on any atom is -0.454 e. The van der Waals surface area contributed by atoms with Gasteiger partial charge in [0.05, 0.1) is 5.69 Å². The van der Waals surface area contributed by atoms with Crippen LogP contribution in [0, 0.1) is 0 Å². The molecule has 0 atom stereocenters. The summed E-state index contributed by atoms with van der Waals surface area (Å²) in [7, 11) is 0. The molecule has 152 valence electrons. The molecule has 0 saturated carbocycles. The number of aromatic nitrogens is 2. The number of urea groups is 1. The molecule has 0 unspecified atom stereocenters. The van der Waals surface area contributed by atoms with Gasteiger partial charge in [0, 0.05) is 43.5 Å². The zero-order valence-electron chi connectivity index (χ0n) is 16.3. The highest BCUT2D eigenvalue weighted by molar-refractivity contribution is 5.90. The topological polar surface area (TPSA) is 79.8 Å². The van der Waals surface area contributed by atoms with Crippen LogP contribution in [0.5, 0.6) is 11.5 Å². The molecule has 3 heterocycles. The largest absolute Gasteiger partial charge is 0.454 e. The number of ether oxygens (including phenoxy) is 2. The molecule has 0 radical (unpaired) electrons. The van der Waals surface area contributed by atoms with Crippen LogP contribution in [0.4, 0.5) is 16.3 Å². The second-order valence-electron chi connectivity index (χ2n) is 7.12. The van der Waals surface area contributed by atoms with Gasteiger partial charge in [-0.2, -0.15) is 0 Å². The smallest absolute Gasteiger partial charge is 0.321 e. The van der Waals surface area contributed by atoms with E-state index in [0.29, 0.717) is 43.4 Å². The maximum atomic E-state index is 12.6. The summed E-state index contributed by atoms with van der Waals surface area (Å²) in [6.45, 7) is 2.84. The van der Waals surface area contributed by atoms with Crippen molar-refractivity contribution < 1.29 is 14.3 Å². The highest BCUT2D eigenvalue weighted by Gasteiger charge is 2.23. The SMILES string of the molecule is O=C(Nc1ccc2c(c1)OCO2)N1CCN(c2ccc(-c3ccccc3)nn2)CC1. The quantitative estimate of drug-likeness (QED) is 0.723. The lowest BCUT2D eigenvalue weighted by atomic mass is 10.1.